The largest absolute Gasteiger partial charge is 0.451 e. The molecule has 0 bridgehead atoms. The predicted octanol–water partition coefficient (Wildman–Crippen LogP) is 5.11. The number of furan rings is 1. The van der Waals surface area contributed by atoms with Crippen molar-refractivity contribution in [2.75, 3.05) is 5.32 Å². The molecule has 1 amide bonds. The third-order valence-corrected chi connectivity index (χ3v) is 4.54. The van der Waals surface area contributed by atoms with Crippen LogP contribution in [0, 0.1) is 13.8 Å². The summed E-state index contributed by atoms with van der Waals surface area (Å²) in [7, 11) is 0. The fourth-order valence-corrected chi connectivity index (χ4v) is 3.15. The lowest BCUT2D eigenvalue weighted by molar-refractivity contribution is 0.0998. The molecule has 2 aromatic heterocycles. The zero-order valence-electron chi connectivity index (χ0n) is 14.0. The van der Waals surface area contributed by atoms with Gasteiger partial charge in [-0.1, -0.05) is 33.2 Å². The molecule has 0 saturated carbocycles. The van der Waals surface area contributed by atoms with E-state index in [0.717, 1.165) is 15.4 Å². The Morgan fingerprint density at radius 2 is 1.96 bits per heavy atom. The van der Waals surface area contributed by atoms with Gasteiger partial charge in [0.05, 0.1) is 5.69 Å². The number of aromatic nitrogens is 2. The van der Waals surface area contributed by atoms with Crippen molar-refractivity contribution in [3.63, 3.8) is 0 Å². The topological polar surface area (TPSA) is 81.2 Å². The normalized spacial score (nSPS) is 11.0. The van der Waals surface area contributed by atoms with Crippen LogP contribution in [0.4, 0.5) is 5.69 Å². The van der Waals surface area contributed by atoms with Gasteiger partial charge >= 0.3 is 0 Å². The summed E-state index contributed by atoms with van der Waals surface area (Å²) in [6, 6.07) is 12.9. The third-order valence-electron chi connectivity index (χ3n) is 4.05. The third kappa shape index (κ3) is 2.90. The Morgan fingerprint density at radius 3 is 2.73 bits per heavy atom. The quantitative estimate of drug-likeness (QED) is 0.506. The van der Waals surface area contributed by atoms with E-state index in [0.29, 0.717) is 28.5 Å². The SMILES string of the molecule is Cc1nc(-c2ccccc2NC(=O)c2oc3ccc(Br)cc3c2C)no1. The summed E-state index contributed by atoms with van der Waals surface area (Å²) < 4.78 is 11.7. The number of carbonyl (C=O) groups is 1. The van der Waals surface area contributed by atoms with Crippen molar-refractivity contribution in [1.29, 1.82) is 0 Å². The number of carbonyl (C=O) groups excluding carboxylic acids is 1. The Morgan fingerprint density at radius 1 is 1.15 bits per heavy atom. The van der Waals surface area contributed by atoms with Crippen molar-refractivity contribution >= 4 is 38.5 Å². The summed E-state index contributed by atoms with van der Waals surface area (Å²) in [5, 5.41) is 7.70. The smallest absolute Gasteiger partial charge is 0.291 e. The number of nitrogens with one attached hydrogen (secondary N) is 1. The van der Waals surface area contributed by atoms with E-state index in [9.17, 15) is 4.79 Å². The molecule has 0 fully saturated rings. The van der Waals surface area contributed by atoms with E-state index in [1.165, 1.54) is 0 Å². The van der Waals surface area contributed by atoms with Gasteiger partial charge in [-0.05, 0) is 37.3 Å². The Kier molecular flexibility index (Phi) is 4.08. The van der Waals surface area contributed by atoms with Crippen LogP contribution >= 0.6 is 15.9 Å². The molecule has 0 aliphatic rings. The van der Waals surface area contributed by atoms with Gasteiger partial charge in [-0.15, -0.1) is 0 Å². The summed E-state index contributed by atoms with van der Waals surface area (Å²) in [5.74, 6) is 0.822. The molecule has 0 atom stereocenters. The summed E-state index contributed by atoms with van der Waals surface area (Å²) in [6.45, 7) is 3.58. The lowest BCUT2D eigenvalue weighted by atomic mass is 10.1. The van der Waals surface area contributed by atoms with Gasteiger partial charge in [0.15, 0.2) is 5.76 Å². The number of hydrogen-bond donors (Lipinski definition) is 1. The van der Waals surface area contributed by atoms with Gasteiger partial charge in [0, 0.05) is 27.9 Å². The number of anilines is 1. The molecule has 6 nitrogen and oxygen atoms in total. The summed E-state index contributed by atoms with van der Waals surface area (Å²) >= 11 is 3.44. The van der Waals surface area contributed by atoms with Gasteiger partial charge in [-0.3, -0.25) is 4.79 Å². The van der Waals surface area contributed by atoms with E-state index in [1.807, 2.05) is 43.3 Å². The monoisotopic (exact) mass is 411 g/mol. The Hall–Kier alpha value is -2.93. The molecule has 0 spiro atoms. The second-order valence-electron chi connectivity index (χ2n) is 5.83. The van der Waals surface area contributed by atoms with Gasteiger partial charge in [0.2, 0.25) is 11.7 Å². The van der Waals surface area contributed by atoms with E-state index in [4.69, 9.17) is 8.94 Å². The average molecular weight is 412 g/mol. The molecule has 2 aromatic carbocycles. The lowest BCUT2D eigenvalue weighted by Crippen LogP contribution is -2.13. The van der Waals surface area contributed by atoms with Crippen molar-refractivity contribution in [2.24, 2.45) is 0 Å². The van der Waals surface area contributed by atoms with E-state index in [1.54, 1.807) is 13.0 Å². The number of fused-ring (bicyclic) bond motifs is 1. The van der Waals surface area contributed by atoms with Crippen LogP contribution in [0.15, 0.2) is 55.9 Å². The fraction of sp³-hybridized carbons (Fsp3) is 0.105. The number of aryl methyl sites for hydroxylation is 2. The highest BCUT2D eigenvalue weighted by Gasteiger charge is 2.20. The summed E-state index contributed by atoms with van der Waals surface area (Å²) in [6.07, 6.45) is 0. The van der Waals surface area contributed by atoms with Crippen molar-refractivity contribution in [1.82, 2.24) is 10.1 Å². The van der Waals surface area contributed by atoms with Gasteiger partial charge in [0.25, 0.3) is 5.91 Å². The predicted molar refractivity (Wildman–Crippen MR) is 101 cm³/mol. The number of halogens is 1. The molecule has 0 aliphatic carbocycles. The molecule has 130 valence electrons. The summed E-state index contributed by atoms with van der Waals surface area (Å²) in [5.41, 5.74) is 2.71. The molecule has 7 heteroatoms. The standard InChI is InChI=1S/C19H14BrN3O3/c1-10-14-9-12(20)7-8-16(14)25-17(10)19(24)22-15-6-4-3-5-13(15)18-21-11(2)26-23-18/h3-9H,1-2H3,(H,22,24). The Bertz CT molecular complexity index is 1130. The zero-order chi connectivity index (χ0) is 18.3. The first-order valence-electron chi connectivity index (χ1n) is 7.92. The van der Waals surface area contributed by atoms with Crippen molar-refractivity contribution in [2.45, 2.75) is 13.8 Å². The van der Waals surface area contributed by atoms with E-state index in [2.05, 4.69) is 31.4 Å². The highest BCUT2D eigenvalue weighted by atomic mass is 79.9. The zero-order valence-corrected chi connectivity index (χ0v) is 15.6. The van der Waals surface area contributed by atoms with Crippen molar-refractivity contribution in [3.8, 4) is 11.4 Å². The number of para-hydroxylation sites is 1. The molecule has 26 heavy (non-hydrogen) atoms. The molecule has 0 saturated heterocycles. The number of nitrogens with zero attached hydrogens (tertiary/aromatic N) is 2. The minimum Gasteiger partial charge on any atom is -0.451 e. The van der Waals surface area contributed by atoms with Crippen molar-refractivity contribution < 1.29 is 13.7 Å². The second kappa shape index (κ2) is 6.42. The van der Waals surface area contributed by atoms with Crippen LogP contribution < -0.4 is 5.32 Å². The first kappa shape index (κ1) is 16.5. The molecular formula is C19H14BrN3O3. The maximum absolute atomic E-state index is 12.8. The van der Waals surface area contributed by atoms with Crippen LogP contribution in [-0.2, 0) is 0 Å². The molecule has 0 unspecified atom stereocenters. The highest BCUT2D eigenvalue weighted by Crippen LogP contribution is 2.30. The van der Waals surface area contributed by atoms with Gasteiger partial charge < -0.3 is 14.3 Å². The minimum absolute atomic E-state index is 0.275. The van der Waals surface area contributed by atoms with Crippen LogP contribution in [-0.4, -0.2) is 16.0 Å². The number of hydrogen-bond acceptors (Lipinski definition) is 5. The second-order valence-corrected chi connectivity index (χ2v) is 6.75. The van der Waals surface area contributed by atoms with Crippen LogP contribution in [0.5, 0.6) is 0 Å². The Balaban J connectivity index is 1.71. The lowest BCUT2D eigenvalue weighted by Gasteiger charge is -2.07. The first-order chi connectivity index (χ1) is 12.5. The van der Waals surface area contributed by atoms with Crippen LogP contribution in [0.3, 0.4) is 0 Å². The van der Waals surface area contributed by atoms with Crippen LogP contribution in [0.1, 0.15) is 22.0 Å². The molecular weight excluding hydrogens is 398 g/mol. The van der Waals surface area contributed by atoms with Crippen LogP contribution in [0.2, 0.25) is 0 Å². The fourth-order valence-electron chi connectivity index (χ4n) is 2.78. The van der Waals surface area contributed by atoms with Crippen molar-refractivity contribution in [3.05, 3.63) is 64.2 Å². The van der Waals surface area contributed by atoms with Crippen LogP contribution in [0.25, 0.3) is 22.4 Å². The number of benzene rings is 2. The Labute approximate surface area is 157 Å². The minimum atomic E-state index is -0.331. The molecule has 2 heterocycles. The van der Waals surface area contributed by atoms with Gasteiger partial charge in [-0.2, -0.15) is 4.98 Å². The molecule has 1 N–H and O–H groups in total. The van der Waals surface area contributed by atoms with Gasteiger partial charge in [0.1, 0.15) is 5.58 Å². The van der Waals surface area contributed by atoms with Gasteiger partial charge in [-0.25, -0.2) is 0 Å². The van der Waals surface area contributed by atoms with E-state index >= 15 is 0 Å². The number of rotatable bonds is 3. The molecule has 4 rings (SSSR count). The maximum Gasteiger partial charge on any atom is 0.291 e. The molecule has 0 radical (unpaired) electrons. The average Bonchev–Trinajstić information content (AvgIpc) is 3.19. The number of amides is 1. The molecule has 0 aliphatic heterocycles. The van der Waals surface area contributed by atoms with E-state index in [-0.39, 0.29) is 11.7 Å². The highest BCUT2D eigenvalue weighted by molar-refractivity contribution is 9.10. The first-order valence-corrected chi connectivity index (χ1v) is 8.72. The van der Waals surface area contributed by atoms with E-state index < -0.39 is 0 Å². The molecule has 4 aromatic rings. The summed E-state index contributed by atoms with van der Waals surface area (Å²) in [4.78, 5) is 17.0. The maximum atomic E-state index is 12.8.